The van der Waals surface area contributed by atoms with E-state index in [1.165, 1.54) is 16.3 Å². The molecule has 0 aliphatic heterocycles. The standard InChI is InChI=1S/C28H21N3O2S/c1-33-24-16-17-25-26(18-24)34-28(30-25)31(29-19-20-8-4-2-5-9-20)27(32)23-14-12-22(13-15-23)21-10-6-3-7-11-21/h2-19H,1H3/b29-19+. The van der Waals surface area contributed by atoms with Gasteiger partial charge in [-0.3, -0.25) is 4.79 Å². The first-order chi connectivity index (χ1) is 16.7. The van der Waals surface area contributed by atoms with E-state index >= 15 is 0 Å². The SMILES string of the molecule is COc1ccc2nc(N(/N=C/c3ccccc3)C(=O)c3ccc(-c4ccccc4)cc3)sc2c1. The molecule has 5 aromatic rings. The van der Waals surface area contributed by atoms with E-state index in [1.54, 1.807) is 13.3 Å². The van der Waals surface area contributed by atoms with Crippen LogP contribution in [-0.2, 0) is 0 Å². The average molecular weight is 464 g/mol. The zero-order valence-corrected chi connectivity index (χ0v) is 19.3. The van der Waals surface area contributed by atoms with Crippen molar-refractivity contribution < 1.29 is 9.53 Å². The molecular weight excluding hydrogens is 442 g/mol. The molecule has 34 heavy (non-hydrogen) atoms. The summed E-state index contributed by atoms with van der Waals surface area (Å²) in [5.41, 5.74) is 4.35. The van der Waals surface area contributed by atoms with Crippen molar-refractivity contribution in [2.24, 2.45) is 5.10 Å². The highest BCUT2D eigenvalue weighted by molar-refractivity contribution is 7.22. The number of hydrogen-bond donors (Lipinski definition) is 0. The van der Waals surface area contributed by atoms with Crippen LogP contribution in [0.2, 0.25) is 0 Å². The Kier molecular flexibility index (Phi) is 6.14. The third kappa shape index (κ3) is 4.58. The van der Waals surface area contributed by atoms with E-state index in [-0.39, 0.29) is 5.91 Å². The molecule has 0 fully saturated rings. The van der Waals surface area contributed by atoms with E-state index in [2.05, 4.69) is 10.1 Å². The Morgan fingerprint density at radius 3 is 2.26 bits per heavy atom. The van der Waals surface area contributed by atoms with Crippen molar-refractivity contribution in [2.45, 2.75) is 0 Å². The van der Waals surface area contributed by atoms with Crippen LogP contribution in [0.5, 0.6) is 5.75 Å². The molecule has 5 nitrogen and oxygen atoms in total. The molecule has 0 atom stereocenters. The second-order valence-electron chi connectivity index (χ2n) is 7.55. The Bertz CT molecular complexity index is 1450. The van der Waals surface area contributed by atoms with Gasteiger partial charge < -0.3 is 4.74 Å². The van der Waals surface area contributed by atoms with Crippen LogP contribution in [0.1, 0.15) is 15.9 Å². The van der Waals surface area contributed by atoms with Gasteiger partial charge in [-0.2, -0.15) is 10.1 Å². The predicted octanol–water partition coefficient (Wildman–Crippen LogP) is 6.65. The van der Waals surface area contributed by atoms with E-state index in [0.717, 1.165) is 32.7 Å². The number of benzene rings is 4. The summed E-state index contributed by atoms with van der Waals surface area (Å²) in [6, 6.07) is 32.9. The van der Waals surface area contributed by atoms with Crippen molar-refractivity contribution >= 4 is 38.8 Å². The predicted molar refractivity (Wildman–Crippen MR) is 139 cm³/mol. The summed E-state index contributed by atoms with van der Waals surface area (Å²) in [6.07, 6.45) is 1.67. The number of aromatic nitrogens is 1. The first-order valence-electron chi connectivity index (χ1n) is 10.7. The Labute approximate surface area is 201 Å². The highest BCUT2D eigenvalue weighted by Gasteiger charge is 2.21. The normalized spacial score (nSPS) is 11.1. The van der Waals surface area contributed by atoms with Crippen LogP contribution in [0.3, 0.4) is 0 Å². The first kappa shape index (κ1) is 21.6. The largest absolute Gasteiger partial charge is 0.497 e. The van der Waals surface area contributed by atoms with Gasteiger partial charge in [0.15, 0.2) is 0 Å². The number of hydrogen-bond acceptors (Lipinski definition) is 5. The molecule has 1 aromatic heterocycles. The third-order valence-electron chi connectivity index (χ3n) is 5.32. The van der Waals surface area contributed by atoms with Gasteiger partial charge in [-0.05, 0) is 47.0 Å². The molecule has 166 valence electrons. The molecule has 0 unspecified atom stereocenters. The lowest BCUT2D eigenvalue weighted by Crippen LogP contribution is -2.25. The van der Waals surface area contributed by atoms with Gasteiger partial charge in [-0.25, -0.2) is 4.98 Å². The molecule has 5 rings (SSSR count). The maximum absolute atomic E-state index is 13.6. The molecule has 0 saturated carbocycles. The summed E-state index contributed by atoms with van der Waals surface area (Å²) < 4.78 is 6.25. The first-order valence-corrected chi connectivity index (χ1v) is 11.6. The molecule has 0 saturated heterocycles. The fourth-order valence-electron chi connectivity index (χ4n) is 3.52. The van der Waals surface area contributed by atoms with E-state index in [0.29, 0.717) is 10.7 Å². The van der Waals surface area contributed by atoms with Crippen molar-refractivity contribution in [3.63, 3.8) is 0 Å². The lowest BCUT2D eigenvalue weighted by molar-refractivity contribution is 0.0988. The van der Waals surface area contributed by atoms with Crippen LogP contribution in [0, 0.1) is 0 Å². The molecule has 0 bridgehead atoms. The van der Waals surface area contributed by atoms with Crippen LogP contribution in [0.25, 0.3) is 21.3 Å². The van der Waals surface area contributed by atoms with Crippen molar-refractivity contribution in [2.75, 3.05) is 12.1 Å². The number of ether oxygens (including phenoxy) is 1. The molecule has 0 radical (unpaired) electrons. The Morgan fingerprint density at radius 1 is 0.882 bits per heavy atom. The van der Waals surface area contributed by atoms with Gasteiger partial charge in [0.1, 0.15) is 5.75 Å². The number of thiazole rings is 1. The van der Waals surface area contributed by atoms with Crippen molar-refractivity contribution in [3.05, 3.63) is 114 Å². The van der Waals surface area contributed by atoms with E-state index in [1.807, 2.05) is 103 Å². The summed E-state index contributed by atoms with van der Waals surface area (Å²) in [5.74, 6) is 0.489. The number of hydrazone groups is 1. The molecule has 0 N–H and O–H groups in total. The number of fused-ring (bicyclic) bond motifs is 1. The van der Waals surface area contributed by atoms with Crippen LogP contribution in [0.4, 0.5) is 5.13 Å². The number of carbonyl (C=O) groups is 1. The van der Waals surface area contributed by atoms with Gasteiger partial charge in [-0.15, -0.1) is 0 Å². The number of methoxy groups -OCH3 is 1. The lowest BCUT2D eigenvalue weighted by atomic mass is 10.0. The zero-order chi connectivity index (χ0) is 23.3. The van der Waals surface area contributed by atoms with Crippen LogP contribution < -0.4 is 9.75 Å². The number of amides is 1. The second kappa shape index (κ2) is 9.68. The smallest absolute Gasteiger partial charge is 0.280 e. The van der Waals surface area contributed by atoms with Gasteiger partial charge >= 0.3 is 0 Å². The second-order valence-corrected chi connectivity index (χ2v) is 8.55. The summed E-state index contributed by atoms with van der Waals surface area (Å²) in [5, 5.41) is 6.39. The van der Waals surface area contributed by atoms with Crippen LogP contribution in [0.15, 0.2) is 108 Å². The highest BCUT2D eigenvalue weighted by Crippen LogP contribution is 2.32. The van der Waals surface area contributed by atoms with Crippen molar-refractivity contribution in [1.29, 1.82) is 0 Å². The van der Waals surface area contributed by atoms with Crippen molar-refractivity contribution in [3.8, 4) is 16.9 Å². The molecule has 0 aliphatic carbocycles. The van der Waals surface area contributed by atoms with Crippen LogP contribution >= 0.6 is 11.3 Å². The Balaban J connectivity index is 1.51. The maximum atomic E-state index is 13.6. The van der Waals surface area contributed by atoms with Crippen molar-refractivity contribution in [1.82, 2.24) is 4.98 Å². The number of nitrogens with zero attached hydrogens (tertiary/aromatic N) is 3. The molecule has 0 spiro atoms. The number of anilines is 1. The number of carbonyl (C=O) groups excluding carboxylic acids is 1. The molecule has 0 aliphatic rings. The molecule has 1 heterocycles. The topological polar surface area (TPSA) is 54.8 Å². The van der Waals surface area contributed by atoms with Crippen LogP contribution in [-0.4, -0.2) is 24.2 Å². The van der Waals surface area contributed by atoms with E-state index < -0.39 is 0 Å². The van der Waals surface area contributed by atoms with E-state index in [4.69, 9.17) is 4.74 Å². The van der Waals surface area contributed by atoms with Gasteiger partial charge in [0.2, 0.25) is 5.13 Å². The fourth-order valence-corrected chi connectivity index (χ4v) is 4.47. The van der Waals surface area contributed by atoms with Gasteiger partial charge in [0, 0.05) is 5.56 Å². The molecular formula is C28H21N3O2S. The van der Waals surface area contributed by atoms with Gasteiger partial charge in [0.25, 0.3) is 5.91 Å². The Hall–Kier alpha value is -4.29. The number of rotatable bonds is 6. The minimum Gasteiger partial charge on any atom is -0.497 e. The summed E-state index contributed by atoms with van der Waals surface area (Å²) in [6.45, 7) is 0. The third-order valence-corrected chi connectivity index (χ3v) is 6.31. The summed E-state index contributed by atoms with van der Waals surface area (Å²) >= 11 is 1.39. The average Bonchev–Trinajstić information content (AvgIpc) is 3.33. The highest BCUT2D eigenvalue weighted by atomic mass is 32.1. The van der Waals surface area contributed by atoms with E-state index in [9.17, 15) is 4.79 Å². The molecule has 1 amide bonds. The minimum atomic E-state index is -0.252. The molecule has 4 aromatic carbocycles. The maximum Gasteiger partial charge on any atom is 0.280 e. The minimum absolute atomic E-state index is 0.252. The zero-order valence-electron chi connectivity index (χ0n) is 18.5. The summed E-state index contributed by atoms with van der Waals surface area (Å²) in [4.78, 5) is 18.2. The molecule has 6 heteroatoms. The fraction of sp³-hybridized carbons (Fsp3) is 0.0357. The monoisotopic (exact) mass is 463 g/mol. The lowest BCUT2D eigenvalue weighted by Gasteiger charge is -2.14. The quantitative estimate of drug-likeness (QED) is 0.209. The van der Waals surface area contributed by atoms with Gasteiger partial charge in [0.05, 0.1) is 23.5 Å². The Morgan fingerprint density at radius 2 is 1.56 bits per heavy atom. The van der Waals surface area contributed by atoms with Gasteiger partial charge in [-0.1, -0.05) is 84.1 Å². The summed E-state index contributed by atoms with van der Waals surface area (Å²) in [7, 11) is 1.63.